The van der Waals surface area contributed by atoms with Gasteiger partial charge in [0.2, 0.25) is 5.91 Å². The molecule has 2 fully saturated rings. The molecule has 6 heteroatoms. The minimum absolute atomic E-state index is 0.0420. The topological polar surface area (TPSA) is 61.8 Å². The predicted molar refractivity (Wildman–Crippen MR) is 80.7 cm³/mol. The number of aliphatic hydroxyl groups is 1. The fraction of sp³-hybridized carbons (Fsp3) is 0.667. The quantitative estimate of drug-likeness (QED) is 0.839. The molecular formula is C15H22N2O3S. The number of hydroxylamine groups is 2. The minimum Gasteiger partial charge on any atom is -0.393 e. The van der Waals surface area contributed by atoms with Crippen LogP contribution in [0.1, 0.15) is 36.6 Å². The monoisotopic (exact) mass is 310 g/mol. The van der Waals surface area contributed by atoms with Gasteiger partial charge in [-0.15, -0.1) is 11.3 Å². The molecule has 0 radical (unpaired) electrons. The van der Waals surface area contributed by atoms with Crippen LogP contribution in [0.2, 0.25) is 0 Å². The zero-order valence-electron chi connectivity index (χ0n) is 12.0. The van der Waals surface area contributed by atoms with Crippen molar-refractivity contribution in [3.8, 4) is 0 Å². The normalized spacial score (nSPS) is 27.3. The van der Waals surface area contributed by atoms with E-state index in [0.717, 1.165) is 32.4 Å². The molecule has 2 heterocycles. The van der Waals surface area contributed by atoms with E-state index in [4.69, 9.17) is 4.84 Å². The third-order valence-corrected chi connectivity index (χ3v) is 5.16. The number of rotatable bonds is 6. The Morgan fingerprint density at radius 3 is 3.05 bits per heavy atom. The molecule has 1 aromatic rings. The standard InChI is InChI=1S/C15H22N2O3S/c18-12-9-11(10-12)15(13-3-1-8-21-13)16-14(19)4-6-17-5-2-7-20-17/h1,3,8,11-12,15,18H,2,4-7,9-10H2,(H,16,19). The minimum atomic E-state index is -0.202. The van der Waals surface area contributed by atoms with Gasteiger partial charge in [0.1, 0.15) is 0 Å². The molecule has 0 bridgehead atoms. The molecule has 0 aromatic carbocycles. The van der Waals surface area contributed by atoms with Gasteiger partial charge in [-0.05, 0) is 36.6 Å². The average Bonchev–Trinajstić information content (AvgIpc) is 3.11. The summed E-state index contributed by atoms with van der Waals surface area (Å²) in [7, 11) is 0. The number of hydrogen-bond acceptors (Lipinski definition) is 5. The summed E-state index contributed by atoms with van der Waals surface area (Å²) >= 11 is 1.66. The van der Waals surface area contributed by atoms with Crippen LogP contribution in [0.3, 0.4) is 0 Å². The number of amides is 1. The van der Waals surface area contributed by atoms with E-state index < -0.39 is 0 Å². The molecule has 0 spiro atoms. The number of carbonyl (C=O) groups excluding carboxylic acids is 1. The average molecular weight is 310 g/mol. The smallest absolute Gasteiger partial charge is 0.221 e. The number of carbonyl (C=O) groups is 1. The van der Waals surface area contributed by atoms with Crippen LogP contribution in [0.4, 0.5) is 0 Å². The van der Waals surface area contributed by atoms with Crippen molar-refractivity contribution in [2.75, 3.05) is 19.7 Å². The van der Waals surface area contributed by atoms with Crippen LogP contribution in [0.25, 0.3) is 0 Å². The Labute approximate surface area is 128 Å². The highest BCUT2D eigenvalue weighted by atomic mass is 32.1. The highest BCUT2D eigenvalue weighted by molar-refractivity contribution is 7.10. The Morgan fingerprint density at radius 2 is 2.43 bits per heavy atom. The molecule has 1 saturated heterocycles. The first kappa shape index (κ1) is 15.0. The summed E-state index contributed by atoms with van der Waals surface area (Å²) in [6.07, 6.45) is 2.85. The highest BCUT2D eigenvalue weighted by Gasteiger charge is 2.36. The van der Waals surface area contributed by atoms with Crippen LogP contribution < -0.4 is 5.32 Å². The van der Waals surface area contributed by atoms with Crippen molar-refractivity contribution in [1.29, 1.82) is 0 Å². The lowest BCUT2D eigenvalue weighted by molar-refractivity contribution is -0.131. The van der Waals surface area contributed by atoms with E-state index in [9.17, 15) is 9.90 Å². The van der Waals surface area contributed by atoms with E-state index in [2.05, 4.69) is 11.4 Å². The van der Waals surface area contributed by atoms with Crippen molar-refractivity contribution in [3.05, 3.63) is 22.4 Å². The van der Waals surface area contributed by atoms with E-state index in [0.29, 0.717) is 18.9 Å². The molecule has 21 heavy (non-hydrogen) atoms. The Balaban J connectivity index is 1.52. The summed E-state index contributed by atoms with van der Waals surface area (Å²) in [5, 5.41) is 16.6. The molecule has 116 valence electrons. The molecule has 1 aromatic heterocycles. The lowest BCUT2D eigenvalue weighted by atomic mass is 9.76. The van der Waals surface area contributed by atoms with Gasteiger partial charge in [-0.1, -0.05) is 6.07 Å². The van der Waals surface area contributed by atoms with Crippen molar-refractivity contribution < 1.29 is 14.7 Å². The van der Waals surface area contributed by atoms with Gasteiger partial charge >= 0.3 is 0 Å². The Morgan fingerprint density at radius 1 is 1.57 bits per heavy atom. The summed E-state index contributed by atoms with van der Waals surface area (Å²) in [6.45, 7) is 2.33. The molecule has 1 aliphatic carbocycles. The van der Waals surface area contributed by atoms with E-state index in [1.54, 1.807) is 11.3 Å². The summed E-state index contributed by atoms with van der Waals surface area (Å²) in [6, 6.07) is 4.11. The first-order valence-corrected chi connectivity index (χ1v) is 8.49. The lowest BCUT2D eigenvalue weighted by Crippen LogP contribution is -2.41. The van der Waals surface area contributed by atoms with Crippen molar-refractivity contribution in [3.63, 3.8) is 0 Å². The summed E-state index contributed by atoms with van der Waals surface area (Å²) in [5.41, 5.74) is 0. The maximum Gasteiger partial charge on any atom is 0.221 e. The second-order valence-corrected chi connectivity index (χ2v) is 6.79. The fourth-order valence-electron chi connectivity index (χ4n) is 2.94. The third-order valence-electron chi connectivity index (χ3n) is 4.20. The Bertz CT molecular complexity index is 453. The first-order chi connectivity index (χ1) is 10.2. The van der Waals surface area contributed by atoms with Crippen LogP contribution in [-0.4, -0.2) is 41.9 Å². The van der Waals surface area contributed by atoms with Crippen LogP contribution in [-0.2, 0) is 9.63 Å². The fourth-order valence-corrected chi connectivity index (χ4v) is 3.81. The predicted octanol–water partition coefficient (Wildman–Crippen LogP) is 1.70. The van der Waals surface area contributed by atoms with Gasteiger partial charge < -0.3 is 10.4 Å². The van der Waals surface area contributed by atoms with Crippen molar-refractivity contribution in [2.45, 2.75) is 37.8 Å². The van der Waals surface area contributed by atoms with Crippen LogP contribution >= 0.6 is 11.3 Å². The van der Waals surface area contributed by atoms with Gasteiger partial charge in [-0.3, -0.25) is 9.63 Å². The van der Waals surface area contributed by atoms with Gasteiger partial charge in [0.25, 0.3) is 0 Å². The Hall–Kier alpha value is -0.950. The Kier molecular flexibility index (Phi) is 4.90. The molecule has 3 rings (SSSR count). The van der Waals surface area contributed by atoms with E-state index in [-0.39, 0.29) is 18.1 Å². The van der Waals surface area contributed by atoms with Crippen molar-refractivity contribution in [2.24, 2.45) is 5.92 Å². The van der Waals surface area contributed by atoms with Crippen LogP contribution in [0, 0.1) is 5.92 Å². The van der Waals surface area contributed by atoms with Gasteiger partial charge in [-0.25, -0.2) is 0 Å². The van der Waals surface area contributed by atoms with E-state index in [1.807, 2.05) is 16.5 Å². The second-order valence-electron chi connectivity index (χ2n) is 5.81. The molecule has 5 nitrogen and oxygen atoms in total. The third kappa shape index (κ3) is 3.83. The van der Waals surface area contributed by atoms with Gasteiger partial charge in [0.05, 0.1) is 18.8 Å². The van der Waals surface area contributed by atoms with E-state index >= 15 is 0 Å². The molecule has 1 aliphatic heterocycles. The second kappa shape index (κ2) is 6.87. The molecule has 2 aliphatic rings. The summed E-state index contributed by atoms with van der Waals surface area (Å²) in [4.78, 5) is 18.8. The maximum atomic E-state index is 12.2. The molecular weight excluding hydrogens is 288 g/mol. The van der Waals surface area contributed by atoms with E-state index in [1.165, 1.54) is 4.88 Å². The first-order valence-electron chi connectivity index (χ1n) is 7.61. The number of nitrogens with zero attached hydrogens (tertiary/aromatic N) is 1. The van der Waals surface area contributed by atoms with Crippen molar-refractivity contribution in [1.82, 2.24) is 10.4 Å². The lowest BCUT2D eigenvalue weighted by Gasteiger charge is -2.37. The number of nitrogens with one attached hydrogen (secondary N) is 1. The zero-order valence-corrected chi connectivity index (χ0v) is 12.8. The van der Waals surface area contributed by atoms with Crippen molar-refractivity contribution >= 4 is 17.2 Å². The van der Waals surface area contributed by atoms with Gasteiger partial charge in [0, 0.05) is 24.4 Å². The largest absolute Gasteiger partial charge is 0.393 e. The number of aliphatic hydroxyl groups excluding tert-OH is 1. The maximum absolute atomic E-state index is 12.2. The van der Waals surface area contributed by atoms with Gasteiger partial charge in [-0.2, -0.15) is 5.06 Å². The highest BCUT2D eigenvalue weighted by Crippen LogP contribution is 2.39. The molecule has 1 unspecified atom stereocenters. The summed E-state index contributed by atoms with van der Waals surface area (Å²) < 4.78 is 0. The molecule has 1 atom stereocenters. The molecule has 1 saturated carbocycles. The molecule has 1 amide bonds. The number of thiophene rings is 1. The zero-order chi connectivity index (χ0) is 14.7. The van der Waals surface area contributed by atoms with Crippen LogP contribution in [0.15, 0.2) is 17.5 Å². The SMILES string of the molecule is O=C(CCN1CCCO1)NC(c1cccs1)C1CC(O)C1. The molecule has 2 N–H and O–H groups in total. The van der Waals surface area contributed by atoms with Crippen LogP contribution in [0.5, 0.6) is 0 Å². The summed E-state index contributed by atoms with van der Waals surface area (Å²) in [5.74, 6) is 0.413. The number of hydrogen-bond donors (Lipinski definition) is 2. The van der Waals surface area contributed by atoms with Gasteiger partial charge in [0.15, 0.2) is 0 Å².